The largest absolute Gasteiger partial charge is 0.491 e. The SMILES string of the molecule is N[N]Cc1ccc(Oc2ccc3c(c2)B(O)OC3)cc1. The second-order valence-corrected chi connectivity index (χ2v) is 4.61. The molecule has 5 nitrogen and oxygen atoms in total. The first-order valence-electron chi connectivity index (χ1n) is 6.32. The average Bonchev–Trinajstić information content (AvgIpc) is 2.83. The summed E-state index contributed by atoms with van der Waals surface area (Å²) in [4.78, 5) is 0. The highest BCUT2D eigenvalue weighted by Gasteiger charge is 2.27. The van der Waals surface area contributed by atoms with E-state index in [1.54, 1.807) is 6.07 Å². The molecule has 6 heteroatoms. The van der Waals surface area contributed by atoms with Crippen LogP contribution >= 0.6 is 0 Å². The molecule has 0 amide bonds. The minimum Gasteiger partial charge on any atom is -0.457 e. The molecule has 1 aliphatic rings. The summed E-state index contributed by atoms with van der Waals surface area (Å²) < 4.78 is 10.9. The fourth-order valence-corrected chi connectivity index (χ4v) is 2.16. The molecule has 3 rings (SSSR count). The van der Waals surface area contributed by atoms with E-state index < -0.39 is 7.12 Å². The Kier molecular flexibility index (Phi) is 3.71. The molecule has 0 saturated heterocycles. The smallest absolute Gasteiger partial charge is 0.457 e. The third kappa shape index (κ3) is 2.68. The topological polar surface area (TPSA) is 78.8 Å². The second kappa shape index (κ2) is 5.64. The molecular formula is C14H14BN2O3. The highest BCUT2D eigenvalue weighted by molar-refractivity contribution is 6.61. The van der Waals surface area contributed by atoms with E-state index in [2.05, 4.69) is 5.43 Å². The molecule has 0 spiro atoms. The Labute approximate surface area is 117 Å². The third-order valence-corrected chi connectivity index (χ3v) is 3.21. The van der Waals surface area contributed by atoms with Gasteiger partial charge in [0.2, 0.25) is 0 Å². The van der Waals surface area contributed by atoms with Gasteiger partial charge in [0, 0.05) is 0 Å². The summed E-state index contributed by atoms with van der Waals surface area (Å²) in [5.74, 6) is 6.54. The van der Waals surface area contributed by atoms with Crippen LogP contribution in [0.2, 0.25) is 0 Å². The van der Waals surface area contributed by atoms with E-state index in [1.807, 2.05) is 36.4 Å². The quantitative estimate of drug-likeness (QED) is 0.486. The molecule has 0 fully saturated rings. The Morgan fingerprint density at radius 1 is 1.20 bits per heavy atom. The standard InChI is InChI=1S/C14H14BN2O3/c16-17-8-10-1-4-12(5-2-10)20-13-6-3-11-9-19-15(18)14(11)7-13/h1-7,18H,8-9,16H2. The summed E-state index contributed by atoms with van der Waals surface area (Å²) in [6, 6.07) is 13.1. The number of ether oxygens (including phenoxy) is 1. The normalized spacial score (nSPS) is 13.4. The van der Waals surface area contributed by atoms with Gasteiger partial charge in [-0.05, 0) is 40.9 Å². The van der Waals surface area contributed by atoms with Gasteiger partial charge in [0.1, 0.15) is 11.5 Å². The number of nitrogens with two attached hydrogens (primary N) is 1. The summed E-state index contributed by atoms with van der Waals surface area (Å²) in [7, 11) is -0.859. The van der Waals surface area contributed by atoms with E-state index in [4.69, 9.17) is 15.2 Å². The van der Waals surface area contributed by atoms with E-state index >= 15 is 0 Å². The summed E-state index contributed by atoms with van der Waals surface area (Å²) in [5, 5.41) is 9.67. The maximum absolute atomic E-state index is 9.67. The molecule has 0 atom stereocenters. The van der Waals surface area contributed by atoms with Crippen LogP contribution in [0.15, 0.2) is 42.5 Å². The molecule has 0 aromatic heterocycles. The summed E-state index contributed by atoms with van der Waals surface area (Å²) in [6.07, 6.45) is 0. The zero-order chi connectivity index (χ0) is 13.9. The van der Waals surface area contributed by atoms with Crippen LogP contribution in [-0.4, -0.2) is 12.1 Å². The number of rotatable bonds is 4. The van der Waals surface area contributed by atoms with Crippen molar-refractivity contribution in [2.45, 2.75) is 13.2 Å². The molecule has 0 bridgehead atoms. The highest BCUT2D eigenvalue weighted by Crippen LogP contribution is 2.23. The monoisotopic (exact) mass is 269 g/mol. The van der Waals surface area contributed by atoms with Gasteiger partial charge in [0.25, 0.3) is 0 Å². The van der Waals surface area contributed by atoms with Gasteiger partial charge >= 0.3 is 7.12 Å². The van der Waals surface area contributed by atoms with Gasteiger partial charge in [-0.1, -0.05) is 18.2 Å². The summed E-state index contributed by atoms with van der Waals surface area (Å²) in [6.45, 7) is 0.927. The van der Waals surface area contributed by atoms with Crippen molar-refractivity contribution in [1.29, 1.82) is 0 Å². The molecule has 20 heavy (non-hydrogen) atoms. The minimum atomic E-state index is -0.859. The van der Waals surface area contributed by atoms with Crippen molar-refractivity contribution in [1.82, 2.24) is 5.43 Å². The number of benzene rings is 2. The van der Waals surface area contributed by atoms with Crippen LogP contribution < -0.4 is 21.5 Å². The van der Waals surface area contributed by atoms with Gasteiger partial charge in [-0.15, -0.1) is 0 Å². The fraction of sp³-hybridized carbons (Fsp3) is 0.143. The molecule has 1 aliphatic heterocycles. The van der Waals surface area contributed by atoms with Gasteiger partial charge < -0.3 is 14.4 Å². The molecular weight excluding hydrogens is 255 g/mol. The zero-order valence-electron chi connectivity index (χ0n) is 10.8. The highest BCUT2D eigenvalue weighted by atomic mass is 16.5. The van der Waals surface area contributed by atoms with Crippen molar-refractivity contribution in [3.63, 3.8) is 0 Å². The lowest BCUT2D eigenvalue weighted by molar-refractivity contribution is 0.275. The van der Waals surface area contributed by atoms with Gasteiger partial charge in [0.15, 0.2) is 0 Å². The van der Waals surface area contributed by atoms with Crippen molar-refractivity contribution >= 4 is 12.6 Å². The Morgan fingerprint density at radius 2 is 1.95 bits per heavy atom. The number of nitrogens with zero attached hydrogens (tertiary/aromatic N) is 1. The van der Waals surface area contributed by atoms with E-state index in [-0.39, 0.29) is 0 Å². The molecule has 0 unspecified atom stereocenters. The van der Waals surface area contributed by atoms with Crippen LogP contribution in [0.5, 0.6) is 11.5 Å². The molecule has 3 N–H and O–H groups in total. The van der Waals surface area contributed by atoms with Crippen LogP contribution in [0, 0.1) is 0 Å². The maximum atomic E-state index is 9.67. The van der Waals surface area contributed by atoms with Crippen molar-refractivity contribution in [3.8, 4) is 11.5 Å². The number of fused-ring (bicyclic) bond motifs is 1. The minimum absolute atomic E-state index is 0.439. The van der Waals surface area contributed by atoms with Gasteiger partial charge in [-0.25, -0.2) is 0 Å². The Hall–Kier alpha value is -1.86. The number of hydrogen-bond donors (Lipinski definition) is 2. The molecule has 0 saturated carbocycles. The van der Waals surface area contributed by atoms with Crippen LogP contribution in [0.3, 0.4) is 0 Å². The number of hydrogen-bond acceptors (Lipinski definition) is 4. The molecule has 0 aliphatic carbocycles. The lowest BCUT2D eigenvalue weighted by Crippen LogP contribution is -2.27. The molecule has 1 radical (unpaired) electrons. The molecule has 1 heterocycles. The van der Waals surface area contributed by atoms with Gasteiger partial charge in [0.05, 0.1) is 13.2 Å². The Bertz CT molecular complexity index is 604. The van der Waals surface area contributed by atoms with Crippen LogP contribution in [0.1, 0.15) is 11.1 Å². The maximum Gasteiger partial charge on any atom is 0.491 e. The van der Waals surface area contributed by atoms with E-state index in [1.165, 1.54) is 0 Å². The molecule has 101 valence electrons. The lowest BCUT2D eigenvalue weighted by atomic mass is 9.79. The van der Waals surface area contributed by atoms with Crippen molar-refractivity contribution < 1.29 is 14.4 Å². The van der Waals surface area contributed by atoms with E-state index in [0.29, 0.717) is 18.9 Å². The summed E-state index contributed by atoms with van der Waals surface area (Å²) >= 11 is 0. The zero-order valence-corrected chi connectivity index (χ0v) is 10.8. The van der Waals surface area contributed by atoms with Crippen LogP contribution in [0.25, 0.3) is 0 Å². The van der Waals surface area contributed by atoms with Crippen molar-refractivity contribution in [3.05, 3.63) is 53.6 Å². The summed E-state index contributed by atoms with van der Waals surface area (Å²) in [5.41, 5.74) is 6.37. The first kappa shape index (κ1) is 13.1. The van der Waals surface area contributed by atoms with Gasteiger partial charge in [-0.2, -0.15) is 5.43 Å². The fourth-order valence-electron chi connectivity index (χ4n) is 2.16. The lowest BCUT2D eigenvalue weighted by Gasteiger charge is -2.08. The van der Waals surface area contributed by atoms with Crippen LogP contribution in [0.4, 0.5) is 0 Å². The Morgan fingerprint density at radius 3 is 2.70 bits per heavy atom. The predicted octanol–water partition coefficient (Wildman–Crippen LogP) is 0.675. The van der Waals surface area contributed by atoms with E-state index in [9.17, 15) is 5.02 Å². The molecule has 2 aromatic carbocycles. The van der Waals surface area contributed by atoms with Crippen molar-refractivity contribution in [2.24, 2.45) is 5.84 Å². The first-order valence-corrected chi connectivity index (χ1v) is 6.32. The molecule has 2 aromatic rings. The van der Waals surface area contributed by atoms with Crippen LogP contribution in [-0.2, 0) is 17.8 Å². The second-order valence-electron chi connectivity index (χ2n) is 4.61. The van der Waals surface area contributed by atoms with Gasteiger partial charge in [-0.3, -0.25) is 5.84 Å². The Balaban J connectivity index is 1.76. The predicted molar refractivity (Wildman–Crippen MR) is 75.4 cm³/mol. The van der Waals surface area contributed by atoms with Crippen molar-refractivity contribution in [2.75, 3.05) is 0 Å². The first-order chi connectivity index (χ1) is 9.76. The average molecular weight is 269 g/mol. The third-order valence-electron chi connectivity index (χ3n) is 3.21. The van der Waals surface area contributed by atoms with E-state index in [0.717, 1.165) is 22.3 Å².